The molecule has 0 saturated heterocycles. The molecular formula is C13H13ClO3. The van der Waals surface area contributed by atoms with Gasteiger partial charge in [0.15, 0.2) is 0 Å². The Labute approximate surface area is 105 Å². The van der Waals surface area contributed by atoms with E-state index in [4.69, 9.17) is 21.1 Å². The molecule has 3 rings (SSSR count). The molecule has 1 aromatic rings. The molecule has 0 spiro atoms. The molecule has 1 aliphatic carbocycles. The van der Waals surface area contributed by atoms with Crippen LogP contribution in [0.3, 0.4) is 0 Å². The highest BCUT2D eigenvalue weighted by Gasteiger charge is 2.45. The number of ether oxygens (including phenoxy) is 2. The second-order valence-electron chi connectivity index (χ2n) is 4.56. The Morgan fingerprint density at radius 3 is 3.12 bits per heavy atom. The van der Waals surface area contributed by atoms with E-state index < -0.39 is 0 Å². The lowest BCUT2D eigenvalue weighted by Gasteiger charge is -2.20. The summed E-state index contributed by atoms with van der Waals surface area (Å²) >= 11 is 5.86. The van der Waals surface area contributed by atoms with Gasteiger partial charge in [-0.25, -0.2) is 4.79 Å². The minimum Gasteiger partial charge on any atom is -0.492 e. The van der Waals surface area contributed by atoms with Gasteiger partial charge in [0.1, 0.15) is 11.3 Å². The first-order chi connectivity index (χ1) is 8.26. The number of carbonyl (C=O) groups excluding carboxylic acids is 1. The monoisotopic (exact) mass is 252 g/mol. The first-order valence-corrected chi connectivity index (χ1v) is 6.22. The van der Waals surface area contributed by atoms with Crippen molar-refractivity contribution in [2.45, 2.75) is 18.2 Å². The van der Waals surface area contributed by atoms with Gasteiger partial charge in [-0.05, 0) is 23.5 Å². The molecule has 0 bridgehead atoms. The topological polar surface area (TPSA) is 35.5 Å². The van der Waals surface area contributed by atoms with Crippen molar-refractivity contribution in [3.63, 3.8) is 0 Å². The van der Waals surface area contributed by atoms with Gasteiger partial charge in [0.2, 0.25) is 0 Å². The fraction of sp³-hybridized carbons (Fsp3) is 0.462. The molecular weight excluding hydrogens is 240 g/mol. The summed E-state index contributed by atoms with van der Waals surface area (Å²) in [5.41, 5.74) is 2.41. The van der Waals surface area contributed by atoms with Crippen LogP contribution in [0.1, 0.15) is 33.8 Å². The third kappa shape index (κ3) is 1.61. The van der Waals surface area contributed by atoms with Gasteiger partial charge in [-0.15, -0.1) is 11.6 Å². The van der Waals surface area contributed by atoms with Gasteiger partial charge in [-0.1, -0.05) is 12.1 Å². The van der Waals surface area contributed by atoms with Crippen molar-refractivity contribution >= 4 is 17.6 Å². The molecule has 1 aliphatic heterocycles. The van der Waals surface area contributed by atoms with E-state index in [0.717, 1.165) is 17.5 Å². The molecule has 3 nitrogen and oxygen atoms in total. The molecule has 0 N–H and O–H groups in total. The van der Waals surface area contributed by atoms with Crippen molar-refractivity contribution in [2.24, 2.45) is 5.92 Å². The summed E-state index contributed by atoms with van der Waals surface area (Å²) in [4.78, 5) is 11.8. The molecule has 1 heterocycles. The predicted molar refractivity (Wildman–Crippen MR) is 63.7 cm³/mol. The van der Waals surface area contributed by atoms with Gasteiger partial charge in [0.05, 0.1) is 13.7 Å². The Bertz CT molecular complexity index is 484. The number of halogens is 1. The second-order valence-corrected chi connectivity index (χ2v) is 4.82. The molecule has 0 radical (unpaired) electrons. The highest BCUT2D eigenvalue weighted by atomic mass is 35.5. The van der Waals surface area contributed by atoms with Gasteiger partial charge >= 0.3 is 5.97 Å². The van der Waals surface area contributed by atoms with Gasteiger partial charge in [-0.3, -0.25) is 0 Å². The number of carbonyl (C=O) groups is 1. The average molecular weight is 253 g/mol. The van der Waals surface area contributed by atoms with E-state index in [0.29, 0.717) is 29.8 Å². The maximum atomic E-state index is 11.8. The normalized spacial score (nSPS) is 24.4. The van der Waals surface area contributed by atoms with Crippen molar-refractivity contribution in [1.82, 2.24) is 0 Å². The van der Waals surface area contributed by atoms with Crippen molar-refractivity contribution in [3.8, 4) is 5.75 Å². The van der Waals surface area contributed by atoms with Gasteiger partial charge < -0.3 is 9.47 Å². The quantitative estimate of drug-likeness (QED) is 0.600. The summed E-state index contributed by atoms with van der Waals surface area (Å²) in [6.07, 6.45) is 1.16. The maximum absolute atomic E-state index is 11.8. The summed E-state index contributed by atoms with van der Waals surface area (Å²) in [5.74, 6) is 1.81. The fourth-order valence-corrected chi connectivity index (χ4v) is 2.75. The molecule has 17 heavy (non-hydrogen) atoms. The van der Waals surface area contributed by atoms with Crippen LogP contribution in [0.2, 0.25) is 0 Å². The fourth-order valence-electron chi connectivity index (χ4n) is 2.53. The lowest BCUT2D eigenvalue weighted by molar-refractivity contribution is 0.0594. The Morgan fingerprint density at radius 2 is 2.41 bits per heavy atom. The van der Waals surface area contributed by atoms with Crippen LogP contribution in [0.4, 0.5) is 0 Å². The van der Waals surface area contributed by atoms with Crippen LogP contribution in [0.25, 0.3) is 0 Å². The van der Waals surface area contributed by atoms with E-state index in [1.165, 1.54) is 7.11 Å². The largest absolute Gasteiger partial charge is 0.492 e. The summed E-state index contributed by atoms with van der Waals surface area (Å²) in [6.45, 7) is 0.702. The maximum Gasteiger partial charge on any atom is 0.341 e. The standard InChI is InChI=1S/C13H13ClO3/c1-16-13(15)11-7(5-14)2-3-9-10-4-8(10)6-17-12(9)11/h2-3,8,10H,4-6H2,1H3/t8-,10-/m0/s1. The van der Waals surface area contributed by atoms with Crippen molar-refractivity contribution in [2.75, 3.05) is 13.7 Å². The van der Waals surface area contributed by atoms with Gasteiger partial charge in [0, 0.05) is 11.8 Å². The van der Waals surface area contributed by atoms with Crippen molar-refractivity contribution in [3.05, 3.63) is 28.8 Å². The van der Waals surface area contributed by atoms with Crippen LogP contribution in [0, 0.1) is 5.92 Å². The van der Waals surface area contributed by atoms with E-state index in [1.54, 1.807) is 0 Å². The SMILES string of the molecule is COC(=O)c1c(CCl)ccc2c1OC[C@@H]1C[C@H]21. The highest BCUT2D eigenvalue weighted by molar-refractivity contribution is 6.17. The number of benzene rings is 1. The van der Waals surface area contributed by atoms with Gasteiger partial charge in [0.25, 0.3) is 0 Å². The average Bonchev–Trinajstić information content (AvgIpc) is 3.15. The van der Waals surface area contributed by atoms with E-state index in [2.05, 4.69) is 0 Å². The Kier molecular flexibility index (Phi) is 2.51. The van der Waals surface area contributed by atoms with Crippen LogP contribution in [-0.2, 0) is 10.6 Å². The van der Waals surface area contributed by atoms with Gasteiger partial charge in [-0.2, -0.15) is 0 Å². The number of alkyl halides is 1. The second kappa shape index (κ2) is 3.91. The number of fused-ring (bicyclic) bond motifs is 3. The van der Waals surface area contributed by atoms with Crippen LogP contribution >= 0.6 is 11.6 Å². The minimum atomic E-state index is -0.364. The lowest BCUT2D eigenvalue weighted by atomic mass is 9.98. The Morgan fingerprint density at radius 1 is 1.59 bits per heavy atom. The van der Waals surface area contributed by atoms with Crippen molar-refractivity contribution < 1.29 is 14.3 Å². The zero-order valence-corrected chi connectivity index (χ0v) is 10.3. The molecule has 1 saturated carbocycles. The van der Waals surface area contributed by atoms with E-state index in [-0.39, 0.29) is 11.8 Å². The van der Waals surface area contributed by atoms with E-state index in [1.807, 2.05) is 12.1 Å². The summed E-state index contributed by atoms with van der Waals surface area (Å²) in [5, 5.41) is 0. The van der Waals surface area contributed by atoms with E-state index in [9.17, 15) is 4.79 Å². The van der Waals surface area contributed by atoms with Crippen molar-refractivity contribution in [1.29, 1.82) is 0 Å². The Hall–Kier alpha value is -1.22. The highest BCUT2D eigenvalue weighted by Crippen LogP contribution is 2.54. The number of hydrogen-bond donors (Lipinski definition) is 0. The number of hydrogen-bond acceptors (Lipinski definition) is 3. The van der Waals surface area contributed by atoms with Crippen LogP contribution in [0.15, 0.2) is 12.1 Å². The predicted octanol–water partition coefficient (Wildman–Crippen LogP) is 2.71. The summed E-state index contributed by atoms with van der Waals surface area (Å²) in [7, 11) is 1.38. The molecule has 1 fully saturated rings. The zero-order valence-electron chi connectivity index (χ0n) is 9.53. The smallest absolute Gasteiger partial charge is 0.341 e. The molecule has 2 aliphatic rings. The first kappa shape index (κ1) is 10.9. The molecule has 0 aromatic heterocycles. The van der Waals surface area contributed by atoms with Crippen LogP contribution in [-0.4, -0.2) is 19.7 Å². The molecule has 2 atom stereocenters. The van der Waals surface area contributed by atoms with Crippen LogP contribution < -0.4 is 4.74 Å². The molecule has 90 valence electrons. The number of methoxy groups -OCH3 is 1. The minimum absolute atomic E-state index is 0.287. The molecule has 0 amide bonds. The molecule has 1 aromatic carbocycles. The zero-order chi connectivity index (χ0) is 12.0. The third-order valence-corrected chi connectivity index (χ3v) is 3.86. The molecule has 4 heteroatoms. The summed E-state index contributed by atoms with van der Waals surface area (Å²) < 4.78 is 10.5. The lowest BCUT2D eigenvalue weighted by Crippen LogP contribution is -2.15. The van der Waals surface area contributed by atoms with Crippen LogP contribution in [0.5, 0.6) is 5.75 Å². The molecule has 0 unspecified atom stereocenters. The number of rotatable bonds is 2. The summed E-state index contributed by atoms with van der Waals surface area (Å²) in [6, 6.07) is 3.94. The third-order valence-electron chi connectivity index (χ3n) is 3.57. The van der Waals surface area contributed by atoms with E-state index >= 15 is 0 Å². The Balaban J connectivity index is 2.15. The number of esters is 1. The first-order valence-electron chi connectivity index (χ1n) is 5.69.